The average molecular weight is 380 g/mol. The van der Waals surface area contributed by atoms with Crippen molar-refractivity contribution in [3.63, 3.8) is 0 Å². The van der Waals surface area contributed by atoms with Gasteiger partial charge >= 0.3 is 6.36 Å². The molecule has 0 saturated heterocycles. The maximum absolute atomic E-state index is 12.3. The third-order valence-corrected chi connectivity index (χ3v) is 3.73. The molecular formula is C18H15F3N2O4. The Kier molecular flexibility index (Phi) is 5.20. The lowest BCUT2D eigenvalue weighted by atomic mass is 10.0. The Morgan fingerprint density at radius 1 is 1.19 bits per heavy atom. The summed E-state index contributed by atoms with van der Waals surface area (Å²) in [6.45, 7) is 0. The number of hydrogen-bond acceptors (Lipinski definition) is 5. The van der Waals surface area contributed by atoms with Gasteiger partial charge in [-0.1, -0.05) is 17.3 Å². The van der Waals surface area contributed by atoms with Crippen molar-refractivity contribution < 1.29 is 32.3 Å². The number of alkyl halides is 3. The lowest BCUT2D eigenvalue weighted by Crippen LogP contribution is -2.28. The molecule has 0 aliphatic carbocycles. The number of nitrogens with zero attached hydrogens (tertiary/aromatic N) is 1. The average Bonchev–Trinajstić information content (AvgIpc) is 3.12. The molecule has 0 fully saturated rings. The number of carbonyl (C=O) groups excluding carboxylic acids is 1. The molecule has 2 aromatic rings. The van der Waals surface area contributed by atoms with Gasteiger partial charge < -0.3 is 19.6 Å². The number of rotatable bonds is 5. The van der Waals surface area contributed by atoms with Gasteiger partial charge in [0, 0.05) is 17.7 Å². The molecule has 0 saturated carbocycles. The first-order valence-electron chi connectivity index (χ1n) is 7.88. The molecule has 6 nitrogen and oxygen atoms in total. The molecule has 1 aliphatic heterocycles. The van der Waals surface area contributed by atoms with E-state index in [1.807, 2.05) is 12.1 Å². The Balaban J connectivity index is 1.60. The molecule has 0 aromatic heterocycles. The maximum Gasteiger partial charge on any atom is 0.573 e. The molecule has 1 unspecified atom stereocenters. The third kappa shape index (κ3) is 4.69. The number of anilines is 1. The molecule has 142 valence electrons. The monoisotopic (exact) mass is 380 g/mol. The molecule has 3 rings (SSSR count). The summed E-state index contributed by atoms with van der Waals surface area (Å²) in [6.07, 6.45) is -5.38. The van der Waals surface area contributed by atoms with Crippen LogP contribution in [0.5, 0.6) is 11.5 Å². The van der Waals surface area contributed by atoms with Crippen molar-refractivity contribution in [2.75, 3.05) is 12.4 Å². The summed E-state index contributed by atoms with van der Waals surface area (Å²) >= 11 is 0. The predicted molar refractivity (Wildman–Crippen MR) is 90.8 cm³/mol. The fraction of sp³-hybridized carbons (Fsp3) is 0.222. The molecule has 9 heteroatoms. The number of hydrogen-bond donors (Lipinski definition) is 1. The zero-order chi connectivity index (χ0) is 19.4. The van der Waals surface area contributed by atoms with Crippen LogP contribution in [0.25, 0.3) is 0 Å². The lowest BCUT2D eigenvalue weighted by molar-refractivity contribution is -0.274. The molecule has 1 atom stereocenters. The molecule has 1 aliphatic rings. The van der Waals surface area contributed by atoms with E-state index in [1.165, 1.54) is 19.2 Å². The molecule has 1 N–H and O–H groups in total. The van der Waals surface area contributed by atoms with E-state index in [0.717, 1.165) is 17.7 Å². The summed E-state index contributed by atoms with van der Waals surface area (Å²) < 4.78 is 45.5. The van der Waals surface area contributed by atoms with Crippen LogP contribution in [0.3, 0.4) is 0 Å². The standard InChI is InChI=1S/C18H15F3N2O4/c1-25-15-5-3-2-4-13(15)14-10-16(27-23-14)17(24)22-11-6-8-12(9-7-11)26-18(19,20)21/h2-9,16H,10H2,1H3,(H,22,24). The minimum atomic E-state index is -4.77. The van der Waals surface area contributed by atoms with E-state index in [1.54, 1.807) is 12.1 Å². The van der Waals surface area contributed by atoms with E-state index < -0.39 is 18.4 Å². The van der Waals surface area contributed by atoms with Gasteiger partial charge in [0.15, 0.2) is 0 Å². The van der Waals surface area contributed by atoms with Crippen molar-refractivity contribution in [2.24, 2.45) is 5.16 Å². The number of carbonyl (C=O) groups is 1. The highest BCUT2D eigenvalue weighted by molar-refractivity contribution is 6.07. The first kappa shape index (κ1) is 18.6. The molecule has 1 amide bonds. The van der Waals surface area contributed by atoms with Gasteiger partial charge in [0.05, 0.1) is 12.8 Å². The van der Waals surface area contributed by atoms with Crippen LogP contribution in [-0.4, -0.2) is 31.2 Å². The molecule has 2 aromatic carbocycles. The van der Waals surface area contributed by atoms with Crippen LogP contribution >= 0.6 is 0 Å². The summed E-state index contributed by atoms with van der Waals surface area (Å²) in [5.74, 6) is -0.228. The van der Waals surface area contributed by atoms with Crippen LogP contribution in [0.4, 0.5) is 18.9 Å². The largest absolute Gasteiger partial charge is 0.573 e. The Bertz CT molecular complexity index is 850. The van der Waals surface area contributed by atoms with Gasteiger partial charge in [0.25, 0.3) is 5.91 Å². The van der Waals surface area contributed by atoms with E-state index in [0.29, 0.717) is 17.1 Å². The Labute approximate surface area is 152 Å². The highest BCUT2D eigenvalue weighted by atomic mass is 19.4. The smallest absolute Gasteiger partial charge is 0.496 e. The lowest BCUT2D eigenvalue weighted by Gasteiger charge is -2.11. The summed E-state index contributed by atoms with van der Waals surface area (Å²) in [5.41, 5.74) is 1.61. The van der Waals surface area contributed by atoms with Crippen molar-refractivity contribution in [2.45, 2.75) is 18.9 Å². The van der Waals surface area contributed by atoms with Gasteiger partial charge in [-0.2, -0.15) is 0 Å². The van der Waals surface area contributed by atoms with Gasteiger partial charge in [0.2, 0.25) is 6.10 Å². The number of halogens is 3. The summed E-state index contributed by atoms with van der Waals surface area (Å²) in [4.78, 5) is 17.5. The number of amides is 1. The van der Waals surface area contributed by atoms with Crippen molar-refractivity contribution in [3.05, 3.63) is 54.1 Å². The van der Waals surface area contributed by atoms with Crippen molar-refractivity contribution in [1.82, 2.24) is 0 Å². The highest BCUT2D eigenvalue weighted by Gasteiger charge is 2.32. The molecular weight excluding hydrogens is 365 g/mol. The number of methoxy groups -OCH3 is 1. The van der Waals surface area contributed by atoms with Gasteiger partial charge in [-0.05, 0) is 36.4 Å². The Morgan fingerprint density at radius 2 is 1.89 bits per heavy atom. The van der Waals surface area contributed by atoms with E-state index >= 15 is 0 Å². The van der Waals surface area contributed by atoms with Crippen LogP contribution in [0.1, 0.15) is 12.0 Å². The van der Waals surface area contributed by atoms with Crippen molar-refractivity contribution in [1.29, 1.82) is 0 Å². The van der Waals surface area contributed by atoms with Crippen LogP contribution in [0.15, 0.2) is 53.7 Å². The van der Waals surface area contributed by atoms with Crippen LogP contribution in [0.2, 0.25) is 0 Å². The zero-order valence-electron chi connectivity index (χ0n) is 14.1. The van der Waals surface area contributed by atoms with Gasteiger partial charge in [-0.25, -0.2) is 0 Å². The number of nitrogens with one attached hydrogen (secondary N) is 1. The van der Waals surface area contributed by atoms with Crippen LogP contribution in [-0.2, 0) is 9.63 Å². The van der Waals surface area contributed by atoms with Crippen LogP contribution in [0, 0.1) is 0 Å². The van der Waals surface area contributed by atoms with E-state index in [2.05, 4.69) is 15.2 Å². The normalized spacial score (nSPS) is 16.3. The summed E-state index contributed by atoms with van der Waals surface area (Å²) in [6, 6.07) is 12.0. The number of oxime groups is 1. The van der Waals surface area contributed by atoms with Crippen molar-refractivity contribution in [3.8, 4) is 11.5 Å². The number of ether oxygens (including phenoxy) is 2. The Hall–Kier alpha value is -3.23. The van der Waals surface area contributed by atoms with E-state index in [4.69, 9.17) is 9.57 Å². The second-order valence-corrected chi connectivity index (χ2v) is 5.60. The third-order valence-electron chi connectivity index (χ3n) is 3.73. The maximum atomic E-state index is 12.3. The van der Waals surface area contributed by atoms with Gasteiger partial charge in [-0.3, -0.25) is 4.79 Å². The molecule has 0 spiro atoms. The second kappa shape index (κ2) is 7.56. The van der Waals surface area contributed by atoms with E-state index in [9.17, 15) is 18.0 Å². The van der Waals surface area contributed by atoms with Gasteiger partial charge in [-0.15, -0.1) is 13.2 Å². The molecule has 1 heterocycles. The quantitative estimate of drug-likeness (QED) is 0.858. The number of benzene rings is 2. The first-order valence-corrected chi connectivity index (χ1v) is 7.88. The SMILES string of the molecule is COc1ccccc1C1=NOC(C(=O)Nc2ccc(OC(F)(F)F)cc2)C1. The number of para-hydroxylation sites is 1. The van der Waals surface area contributed by atoms with Crippen LogP contribution < -0.4 is 14.8 Å². The van der Waals surface area contributed by atoms with E-state index in [-0.39, 0.29) is 12.2 Å². The highest BCUT2D eigenvalue weighted by Crippen LogP contribution is 2.26. The molecule has 27 heavy (non-hydrogen) atoms. The fourth-order valence-corrected chi connectivity index (χ4v) is 2.52. The Morgan fingerprint density at radius 3 is 2.56 bits per heavy atom. The minimum Gasteiger partial charge on any atom is -0.496 e. The predicted octanol–water partition coefficient (Wildman–Crippen LogP) is 3.73. The minimum absolute atomic E-state index is 0.238. The van der Waals surface area contributed by atoms with Crippen molar-refractivity contribution >= 4 is 17.3 Å². The topological polar surface area (TPSA) is 69.2 Å². The second-order valence-electron chi connectivity index (χ2n) is 5.60. The van der Waals surface area contributed by atoms with Gasteiger partial charge in [0.1, 0.15) is 11.5 Å². The molecule has 0 bridgehead atoms. The summed E-state index contributed by atoms with van der Waals surface area (Å²) in [5, 5.41) is 6.51. The first-order chi connectivity index (χ1) is 12.9. The summed E-state index contributed by atoms with van der Waals surface area (Å²) in [7, 11) is 1.53. The molecule has 0 radical (unpaired) electrons. The zero-order valence-corrected chi connectivity index (χ0v) is 14.1. The fourth-order valence-electron chi connectivity index (χ4n) is 2.52.